The summed E-state index contributed by atoms with van der Waals surface area (Å²) in [6.45, 7) is 7.15. The predicted octanol–water partition coefficient (Wildman–Crippen LogP) is 0.788. The first kappa shape index (κ1) is 16.1. The first-order valence-corrected chi connectivity index (χ1v) is 9.05. The molecule has 24 heavy (non-hydrogen) atoms. The van der Waals surface area contributed by atoms with Gasteiger partial charge in [0.2, 0.25) is 5.91 Å². The minimum Gasteiger partial charge on any atom is -0.396 e. The lowest BCUT2D eigenvalue weighted by Crippen LogP contribution is -2.43. The van der Waals surface area contributed by atoms with E-state index >= 15 is 0 Å². The second-order valence-corrected chi connectivity index (χ2v) is 7.80. The van der Waals surface area contributed by atoms with Crippen LogP contribution in [0, 0.1) is 18.3 Å². The molecule has 2 fully saturated rings. The van der Waals surface area contributed by atoms with E-state index in [2.05, 4.69) is 35.3 Å². The third kappa shape index (κ3) is 2.65. The Morgan fingerprint density at radius 1 is 1.46 bits per heavy atom. The highest BCUT2D eigenvalue weighted by Crippen LogP contribution is 2.38. The number of benzene rings is 1. The third-order valence-corrected chi connectivity index (χ3v) is 6.08. The van der Waals surface area contributed by atoms with Crippen LogP contribution in [-0.2, 0) is 11.2 Å². The van der Waals surface area contributed by atoms with Crippen molar-refractivity contribution in [3.63, 3.8) is 0 Å². The van der Waals surface area contributed by atoms with Gasteiger partial charge in [0.1, 0.15) is 0 Å². The number of amides is 1. The summed E-state index contributed by atoms with van der Waals surface area (Å²) in [5.74, 6) is 0.660. The van der Waals surface area contributed by atoms with Crippen molar-refractivity contribution in [3.8, 4) is 0 Å². The van der Waals surface area contributed by atoms with Crippen LogP contribution in [-0.4, -0.2) is 61.8 Å². The van der Waals surface area contributed by atoms with Crippen molar-refractivity contribution in [2.75, 3.05) is 50.8 Å². The summed E-state index contributed by atoms with van der Waals surface area (Å²) in [7, 11) is 0. The van der Waals surface area contributed by atoms with Crippen LogP contribution in [0.2, 0.25) is 0 Å². The van der Waals surface area contributed by atoms with E-state index in [9.17, 15) is 9.90 Å². The molecule has 0 saturated carbocycles. The molecule has 0 aromatic heterocycles. The fraction of sp³-hybridized carbons (Fsp3) is 0.632. The molecule has 3 aliphatic heterocycles. The Kier molecular flexibility index (Phi) is 4.11. The van der Waals surface area contributed by atoms with Gasteiger partial charge >= 0.3 is 0 Å². The Bertz CT molecular complexity index is 647. The second-order valence-electron chi connectivity index (χ2n) is 7.80. The van der Waals surface area contributed by atoms with Gasteiger partial charge in [-0.1, -0.05) is 17.7 Å². The number of carbonyl (C=O) groups is 1. The molecule has 0 bridgehead atoms. The van der Waals surface area contributed by atoms with Gasteiger partial charge in [-0.25, -0.2) is 0 Å². The van der Waals surface area contributed by atoms with Crippen LogP contribution < -0.4 is 10.2 Å². The summed E-state index contributed by atoms with van der Waals surface area (Å²) in [6.07, 6.45) is 2.10. The van der Waals surface area contributed by atoms with Crippen molar-refractivity contribution >= 4 is 11.6 Å². The smallest absolute Gasteiger partial charge is 0.241 e. The molecule has 1 aromatic rings. The SMILES string of the molecule is Cc1ccc2c(c1)CCCN2C(=O)CN1CC2CNCC2(CO)C1. The standard InChI is InChI=1S/C19H27N3O2/c1-14-4-5-17-15(7-14)3-2-6-22(17)18(24)10-21-9-16-8-20-11-19(16,12-21)13-23/h4-5,7,16,20,23H,2-3,6,8-13H2,1H3. The number of hydrogen-bond acceptors (Lipinski definition) is 4. The number of aliphatic hydroxyl groups is 1. The number of likely N-dealkylation sites (tertiary alicyclic amines) is 1. The molecule has 3 heterocycles. The molecule has 0 aliphatic carbocycles. The maximum Gasteiger partial charge on any atom is 0.241 e. The monoisotopic (exact) mass is 329 g/mol. The highest BCUT2D eigenvalue weighted by molar-refractivity contribution is 5.96. The molecule has 1 amide bonds. The van der Waals surface area contributed by atoms with Crippen LogP contribution in [0.4, 0.5) is 5.69 Å². The number of aryl methyl sites for hydroxylation is 2. The second kappa shape index (κ2) is 6.14. The molecule has 3 aliphatic rings. The van der Waals surface area contributed by atoms with E-state index in [-0.39, 0.29) is 17.9 Å². The zero-order valence-electron chi connectivity index (χ0n) is 14.4. The van der Waals surface area contributed by atoms with Crippen LogP contribution in [0.5, 0.6) is 0 Å². The number of carbonyl (C=O) groups excluding carboxylic acids is 1. The number of hydrogen-bond donors (Lipinski definition) is 2. The maximum atomic E-state index is 12.9. The van der Waals surface area contributed by atoms with Gasteiger partial charge in [0.05, 0.1) is 13.2 Å². The maximum absolute atomic E-state index is 12.9. The summed E-state index contributed by atoms with van der Waals surface area (Å²) >= 11 is 0. The van der Waals surface area contributed by atoms with E-state index in [1.165, 1.54) is 11.1 Å². The summed E-state index contributed by atoms with van der Waals surface area (Å²) < 4.78 is 0. The van der Waals surface area contributed by atoms with Gasteiger partial charge in [0.15, 0.2) is 0 Å². The van der Waals surface area contributed by atoms with Gasteiger partial charge in [-0.3, -0.25) is 9.69 Å². The number of nitrogens with zero attached hydrogens (tertiary/aromatic N) is 2. The van der Waals surface area contributed by atoms with Crippen LogP contribution in [0.15, 0.2) is 18.2 Å². The Balaban J connectivity index is 1.47. The lowest BCUT2D eigenvalue weighted by atomic mass is 9.82. The van der Waals surface area contributed by atoms with Gasteiger partial charge in [-0.15, -0.1) is 0 Å². The number of aliphatic hydroxyl groups excluding tert-OH is 1. The van der Waals surface area contributed by atoms with Crippen molar-refractivity contribution in [2.24, 2.45) is 11.3 Å². The number of rotatable bonds is 3. The summed E-state index contributed by atoms with van der Waals surface area (Å²) in [5.41, 5.74) is 3.60. The Morgan fingerprint density at radius 3 is 3.12 bits per heavy atom. The number of anilines is 1. The average Bonchev–Trinajstić information content (AvgIpc) is 3.10. The van der Waals surface area contributed by atoms with Gasteiger partial charge in [-0.2, -0.15) is 0 Å². The molecule has 5 nitrogen and oxygen atoms in total. The molecule has 130 valence electrons. The normalized spacial score (nSPS) is 29.6. The largest absolute Gasteiger partial charge is 0.396 e. The van der Waals surface area contributed by atoms with Crippen LogP contribution in [0.25, 0.3) is 0 Å². The highest BCUT2D eigenvalue weighted by Gasteiger charge is 2.49. The molecule has 0 radical (unpaired) electrons. The third-order valence-electron chi connectivity index (χ3n) is 6.08. The van der Waals surface area contributed by atoms with Crippen molar-refractivity contribution in [2.45, 2.75) is 19.8 Å². The Labute approximate surface area is 143 Å². The molecular formula is C19H27N3O2. The fourth-order valence-corrected chi connectivity index (χ4v) is 4.74. The highest BCUT2D eigenvalue weighted by atomic mass is 16.3. The molecule has 2 unspecified atom stereocenters. The van der Waals surface area contributed by atoms with Gasteiger partial charge < -0.3 is 15.3 Å². The molecule has 2 saturated heterocycles. The number of fused-ring (bicyclic) bond motifs is 2. The van der Waals surface area contributed by atoms with Crippen LogP contribution >= 0.6 is 0 Å². The average molecular weight is 329 g/mol. The fourth-order valence-electron chi connectivity index (χ4n) is 4.74. The van der Waals surface area contributed by atoms with Gasteiger partial charge in [0.25, 0.3) is 0 Å². The molecule has 4 rings (SSSR count). The first-order valence-electron chi connectivity index (χ1n) is 9.05. The van der Waals surface area contributed by atoms with Crippen LogP contribution in [0.1, 0.15) is 17.5 Å². The van der Waals surface area contributed by atoms with Gasteiger partial charge in [-0.05, 0) is 43.9 Å². The van der Waals surface area contributed by atoms with Crippen molar-refractivity contribution < 1.29 is 9.90 Å². The first-order chi connectivity index (χ1) is 11.6. The molecule has 2 N–H and O–H groups in total. The van der Waals surface area contributed by atoms with E-state index in [0.29, 0.717) is 12.5 Å². The summed E-state index contributed by atoms with van der Waals surface area (Å²) in [5, 5.41) is 13.2. The van der Waals surface area contributed by atoms with E-state index in [4.69, 9.17) is 0 Å². The van der Waals surface area contributed by atoms with E-state index < -0.39 is 0 Å². The van der Waals surface area contributed by atoms with Crippen LogP contribution in [0.3, 0.4) is 0 Å². The molecule has 5 heteroatoms. The quantitative estimate of drug-likeness (QED) is 0.861. The molecule has 2 atom stereocenters. The van der Waals surface area contributed by atoms with Crippen molar-refractivity contribution in [1.29, 1.82) is 0 Å². The van der Waals surface area contributed by atoms with Crippen molar-refractivity contribution in [3.05, 3.63) is 29.3 Å². The summed E-state index contributed by atoms with van der Waals surface area (Å²) in [6, 6.07) is 6.40. The Morgan fingerprint density at radius 2 is 2.33 bits per heavy atom. The minimum absolute atomic E-state index is 0.0444. The topological polar surface area (TPSA) is 55.8 Å². The van der Waals surface area contributed by atoms with Gasteiger partial charge in [0, 0.05) is 37.3 Å². The molecule has 0 spiro atoms. The van der Waals surface area contributed by atoms with E-state index in [1.807, 2.05) is 4.90 Å². The zero-order valence-corrected chi connectivity index (χ0v) is 14.4. The van der Waals surface area contributed by atoms with E-state index in [0.717, 1.165) is 51.3 Å². The molecular weight excluding hydrogens is 302 g/mol. The number of nitrogens with one attached hydrogen (secondary N) is 1. The van der Waals surface area contributed by atoms with E-state index in [1.54, 1.807) is 0 Å². The summed E-state index contributed by atoms with van der Waals surface area (Å²) in [4.78, 5) is 17.1. The van der Waals surface area contributed by atoms with Crippen molar-refractivity contribution in [1.82, 2.24) is 10.2 Å². The minimum atomic E-state index is -0.0444. The lowest BCUT2D eigenvalue weighted by Gasteiger charge is -2.31. The zero-order chi connectivity index (χ0) is 16.7. The predicted molar refractivity (Wildman–Crippen MR) is 94.2 cm³/mol. The molecule has 1 aromatic carbocycles. The Hall–Kier alpha value is -1.43. The lowest BCUT2D eigenvalue weighted by molar-refractivity contribution is -0.119.